The molecule has 1 amide bonds. The molecule has 2 aromatic carbocycles. The maximum Gasteiger partial charge on any atom is 0.234 e. The molecule has 0 aliphatic carbocycles. The van der Waals surface area contributed by atoms with Gasteiger partial charge in [-0.05, 0) is 17.7 Å². The number of benzene rings is 2. The van der Waals surface area contributed by atoms with Crippen molar-refractivity contribution in [3.8, 4) is 5.75 Å². The normalized spacial score (nSPS) is 10.8. The summed E-state index contributed by atoms with van der Waals surface area (Å²) < 4.78 is 6.98. The summed E-state index contributed by atoms with van der Waals surface area (Å²) in [6, 6.07) is 17.2. The van der Waals surface area contributed by atoms with Gasteiger partial charge in [0, 0.05) is 0 Å². The quantitative estimate of drug-likeness (QED) is 0.372. The molecule has 0 saturated carbocycles. The molecule has 2 aromatic heterocycles. The van der Waals surface area contributed by atoms with Gasteiger partial charge in [0.05, 0.1) is 25.1 Å². The van der Waals surface area contributed by atoms with Crippen LogP contribution in [-0.2, 0) is 11.3 Å². The summed E-state index contributed by atoms with van der Waals surface area (Å²) in [7, 11) is 1.57. The standard InChI is InChI=1S/C20H18N6O2S/c1-28-16-10-6-5-9-15(16)23-17(27)12-29-20-18-19(21-13-22-20)26(25-24-18)11-14-7-3-2-4-8-14/h2-10,13H,11-12H2,1H3,(H,23,27). The van der Waals surface area contributed by atoms with Gasteiger partial charge in [-0.25, -0.2) is 14.6 Å². The molecule has 0 aliphatic rings. The first-order chi connectivity index (χ1) is 14.2. The highest BCUT2D eigenvalue weighted by atomic mass is 32.2. The van der Waals surface area contributed by atoms with Crippen LogP contribution in [0.4, 0.5) is 5.69 Å². The Kier molecular flexibility index (Phi) is 5.66. The number of nitrogens with zero attached hydrogens (tertiary/aromatic N) is 5. The minimum Gasteiger partial charge on any atom is -0.495 e. The SMILES string of the molecule is COc1ccccc1NC(=O)CSc1ncnc2c1nnn2Cc1ccccc1. The number of aromatic nitrogens is 5. The van der Waals surface area contributed by atoms with Crippen molar-refractivity contribution >= 4 is 34.5 Å². The van der Waals surface area contributed by atoms with E-state index in [1.54, 1.807) is 23.9 Å². The van der Waals surface area contributed by atoms with Crippen molar-refractivity contribution in [2.24, 2.45) is 0 Å². The van der Waals surface area contributed by atoms with Crippen molar-refractivity contribution in [3.05, 3.63) is 66.5 Å². The van der Waals surface area contributed by atoms with E-state index in [1.807, 2.05) is 42.5 Å². The zero-order valence-electron chi connectivity index (χ0n) is 15.6. The summed E-state index contributed by atoms with van der Waals surface area (Å²) in [4.78, 5) is 20.9. The molecule has 0 atom stereocenters. The number of anilines is 1. The monoisotopic (exact) mass is 406 g/mol. The largest absolute Gasteiger partial charge is 0.495 e. The van der Waals surface area contributed by atoms with Gasteiger partial charge in [0.15, 0.2) is 11.2 Å². The molecule has 0 fully saturated rings. The van der Waals surface area contributed by atoms with Crippen LogP contribution in [0, 0.1) is 0 Å². The number of para-hydroxylation sites is 2. The van der Waals surface area contributed by atoms with E-state index in [2.05, 4.69) is 25.6 Å². The molecule has 0 saturated heterocycles. The molecule has 4 rings (SSSR count). The predicted molar refractivity (Wildman–Crippen MR) is 111 cm³/mol. The predicted octanol–water partition coefficient (Wildman–Crippen LogP) is 3.01. The summed E-state index contributed by atoms with van der Waals surface area (Å²) in [6.07, 6.45) is 1.47. The summed E-state index contributed by atoms with van der Waals surface area (Å²) in [5, 5.41) is 11.9. The van der Waals surface area contributed by atoms with Gasteiger partial charge < -0.3 is 10.1 Å². The van der Waals surface area contributed by atoms with Crippen molar-refractivity contribution in [3.63, 3.8) is 0 Å². The fourth-order valence-electron chi connectivity index (χ4n) is 2.81. The van der Waals surface area contributed by atoms with Crippen LogP contribution in [0.15, 0.2) is 66.0 Å². The van der Waals surface area contributed by atoms with Crippen molar-refractivity contribution < 1.29 is 9.53 Å². The summed E-state index contributed by atoms with van der Waals surface area (Å²) in [5.41, 5.74) is 2.94. The van der Waals surface area contributed by atoms with E-state index < -0.39 is 0 Å². The van der Waals surface area contributed by atoms with E-state index in [0.29, 0.717) is 34.2 Å². The molecule has 0 aliphatic heterocycles. The molecule has 0 radical (unpaired) electrons. The van der Waals surface area contributed by atoms with Crippen molar-refractivity contribution in [2.75, 3.05) is 18.2 Å². The highest BCUT2D eigenvalue weighted by Gasteiger charge is 2.14. The second-order valence-corrected chi connectivity index (χ2v) is 7.08. The van der Waals surface area contributed by atoms with Gasteiger partial charge in [-0.3, -0.25) is 4.79 Å². The number of hydrogen-bond donors (Lipinski definition) is 1. The third-order valence-corrected chi connectivity index (χ3v) is 5.14. The Bertz CT molecular complexity index is 1130. The maximum absolute atomic E-state index is 12.4. The van der Waals surface area contributed by atoms with E-state index in [9.17, 15) is 4.79 Å². The number of hydrogen-bond acceptors (Lipinski definition) is 7. The molecule has 1 N–H and O–H groups in total. The molecular formula is C20H18N6O2S. The van der Waals surface area contributed by atoms with Gasteiger partial charge in [0.25, 0.3) is 0 Å². The lowest BCUT2D eigenvalue weighted by Gasteiger charge is -2.09. The van der Waals surface area contributed by atoms with E-state index in [-0.39, 0.29) is 11.7 Å². The Morgan fingerprint density at radius 1 is 1.10 bits per heavy atom. The topological polar surface area (TPSA) is 94.8 Å². The number of nitrogens with one attached hydrogen (secondary N) is 1. The van der Waals surface area contributed by atoms with Crippen molar-refractivity contribution in [2.45, 2.75) is 11.6 Å². The number of amides is 1. The molecular weight excluding hydrogens is 388 g/mol. The smallest absolute Gasteiger partial charge is 0.234 e. The Hall–Kier alpha value is -3.46. The van der Waals surface area contributed by atoms with Gasteiger partial charge in [-0.1, -0.05) is 59.4 Å². The van der Waals surface area contributed by atoms with Crippen LogP contribution in [0.1, 0.15) is 5.56 Å². The number of carbonyl (C=O) groups is 1. The van der Waals surface area contributed by atoms with Crippen molar-refractivity contribution in [1.29, 1.82) is 0 Å². The number of ether oxygens (including phenoxy) is 1. The number of rotatable bonds is 7. The molecule has 2 heterocycles. The lowest BCUT2D eigenvalue weighted by atomic mass is 10.2. The van der Waals surface area contributed by atoms with Crippen LogP contribution in [0.2, 0.25) is 0 Å². The van der Waals surface area contributed by atoms with Gasteiger partial charge in [-0.2, -0.15) is 0 Å². The molecule has 0 bridgehead atoms. The molecule has 29 heavy (non-hydrogen) atoms. The Balaban J connectivity index is 1.46. The van der Waals surface area contributed by atoms with Crippen LogP contribution >= 0.6 is 11.8 Å². The fourth-order valence-corrected chi connectivity index (χ4v) is 3.54. The second-order valence-electron chi connectivity index (χ2n) is 6.12. The van der Waals surface area contributed by atoms with Crippen molar-refractivity contribution in [1.82, 2.24) is 25.0 Å². The minimum absolute atomic E-state index is 0.164. The Morgan fingerprint density at radius 2 is 1.90 bits per heavy atom. The summed E-state index contributed by atoms with van der Waals surface area (Å²) in [6.45, 7) is 0.562. The van der Waals surface area contributed by atoms with Gasteiger partial charge in [0.2, 0.25) is 5.91 Å². The lowest BCUT2D eigenvalue weighted by Crippen LogP contribution is -2.14. The highest BCUT2D eigenvalue weighted by molar-refractivity contribution is 8.00. The third-order valence-electron chi connectivity index (χ3n) is 4.16. The van der Waals surface area contributed by atoms with E-state index >= 15 is 0 Å². The molecule has 4 aromatic rings. The maximum atomic E-state index is 12.4. The fraction of sp³-hybridized carbons (Fsp3) is 0.150. The molecule has 9 heteroatoms. The molecule has 0 spiro atoms. The number of fused-ring (bicyclic) bond motifs is 1. The van der Waals surface area contributed by atoms with Gasteiger partial charge in [-0.15, -0.1) is 5.10 Å². The van der Waals surface area contributed by atoms with E-state index in [1.165, 1.54) is 18.1 Å². The Morgan fingerprint density at radius 3 is 2.72 bits per heavy atom. The number of thioether (sulfide) groups is 1. The first-order valence-corrected chi connectivity index (χ1v) is 9.87. The lowest BCUT2D eigenvalue weighted by molar-refractivity contribution is -0.113. The van der Waals surface area contributed by atoms with Gasteiger partial charge >= 0.3 is 0 Å². The van der Waals surface area contributed by atoms with Crippen LogP contribution in [-0.4, -0.2) is 43.7 Å². The molecule has 0 unspecified atom stereocenters. The number of methoxy groups -OCH3 is 1. The third kappa shape index (κ3) is 4.35. The molecule has 146 valence electrons. The average molecular weight is 406 g/mol. The second kappa shape index (κ2) is 8.70. The zero-order chi connectivity index (χ0) is 20.1. The number of carbonyl (C=O) groups excluding carboxylic acids is 1. The summed E-state index contributed by atoms with van der Waals surface area (Å²) >= 11 is 1.29. The average Bonchev–Trinajstić information content (AvgIpc) is 3.17. The van der Waals surface area contributed by atoms with Crippen LogP contribution in [0.25, 0.3) is 11.2 Å². The van der Waals surface area contributed by atoms with Crippen LogP contribution in [0.5, 0.6) is 5.75 Å². The van der Waals surface area contributed by atoms with E-state index in [0.717, 1.165) is 5.56 Å². The van der Waals surface area contributed by atoms with E-state index in [4.69, 9.17) is 4.74 Å². The van der Waals surface area contributed by atoms with Crippen LogP contribution in [0.3, 0.4) is 0 Å². The summed E-state index contributed by atoms with van der Waals surface area (Å²) in [5.74, 6) is 0.623. The Labute approximate surface area is 171 Å². The highest BCUT2D eigenvalue weighted by Crippen LogP contribution is 2.25. The zero-order valence-corrected chi connectivity index (χ0v) is 16.5. The first kappa shape index (κ1) is 18.9. The minimum atomic E-state index is -0.164. The van der Waals surface area contributed by atoms with Gasteiger partial charge in [0.1, 0.15) is 17.1 Å². The molecule has 8 nitrogen and oxygen atoms in total. The van der Waals surface area contributed by atoms with Crippen LogP contribution < -0.4 is 10.1 Å². The first-order valence-electron chi connectivity index (χ1n) is 8.88.